The number of nitrogens with two attached hydrogens (primary N) is 1. The Balaban J connectivity index is 2.34. The SMILES string of the molecule is CCc1ccc(Oc2ccc(Br)cc2CN)c(OC)c1. The van der Waals surface area contributed by atoms with Crippen LogP contribution in [0.2, 0.25) is 0 Å². The average molecular weight is 336 g/mol. The maximum atomic E-state index is 5.95. The fourth-order valence-electron chi connectivity index (χ4n) is 1.94. The first-order chi connectivity index (χ1) is 9.67. The molecule has 2 N–H and O–H groups in total. The third kappa shape index (κ3) is 3.32. The molecule has 0 heterocycles. The van der Waals surface area contributed by atoms with Crippen LogP contribution in [0, 0.1) is 0 Å². The highest BCUT2D eigenvalue weighted by Gasteiger charge is 2.09. The van der Waals surface area contributed by atoms with Gasteiger partial charge in [0.2, 0.25) is 0 Å². The topological polar surface area (TPSA) is 44.5 Å². The van der Waals surface area contributed by atoms with Crippen LogP contribution in [0.3, 0.4) is 0 Å². The predicted octanol–water partition coefficient (Wildman–Crippen LogP) is 4.27. The lowest BCUT2D eigenvalue weighted by Gasteiger charge is -2.14. The third-order valence-electron chi connectivity index (χ3n) is 3.10. The number of hydrogen-bond acceptors (Lipinski definition) is 3. The van der Waals surface area contributed by atoms with E-state index in [0.29, 0.717) is 12.3 Å². The first-order valence-electron chi connectivity index (χ1n) is 6.51. The highest BCUT2D eigenvalue weighted by atomic mass is 79.9. The van der Waals surface area contributed by atoms with E-state index in [4.69, 9.17) is 15.2 Å². The van der Waals surface area contributed by atoms with Gasteiger partial charge in [-0.15, -0.1) is 0 Å². The fraction of sp³-hybridized carbons (Fsp3) is 0.250. The van der Waals surface area contributed by atoms with Gasteiger partial charge < -0.3 is 15.2 Å². The summed E-state index contributed by atoms with van der Waals surface area (Å²) in [6.07, 6.45) is 0.961. The lowest BCUT2D eigenvalue weighted by molar-refractivity contribution is 0.377. The van der Waals surface area contributed by atoms with Crippen molar-refractivity contribution in [1.29, 1.82) is 0 Å². The predicted molar refractivity (Wildman–Crippen MR) is 84.5 cm³/mol. The molecule has 0 saturated carbocycles. The molecular formula is C16H18BrNO2. The Bertz CT molecular complexity index is 599. The highest BCUT2D eigenvalue weighted by molar-refractivity contribution is 9.10. The van der Waals surface area contributed by atoms with Crippen LogP contribution in [-0.2, 0) is 13.0 Å². The number of ether oxygens (including phenoxy) is 2. The Labute approximate surface area is 127 Å². The maximum absolute atomic E-state index is 5.95. The molecule has 106 valence electrons. The van der Waals surface area contributed by atoms with Crippen LogP contribution in [0.1, 0.15) is 18.1 Å². The third-order valence-corrected chi connectivity index (χ3v) is 3.59. The summed E-state index contributed by atoms with van der Waals surface area (Å²) in [7, 11) is 1.65. The van der Waals surface area contributed by atoms with Gasteiger partial charge in [0.25, 0.3) is 0 Å². The highest BCUT2D eigenvalue weighted by Crippen LogP contribution is 2.34. The Hall–Kier alpha value is -1.52. The molecule has 4 heteroatoms. The van der Waals surface area contributed by atoms with Gasteiger partial charge in [0, 0.05) is 16.6 Å². The molecule has 0 aliphatic carbocycles. The smallest absolute Gasteiger partial charge is 0.169 e. The second-order valence-electron chi connectivity index (χ2n) is 4.40. The summed E-state index contributed by atoms with van der Waals surface area (Å²) in [5.41, 5.74) is 7.91. The number of methoxy groups -OCH3 is 1. The summed E-state index contributed by atoms with van der Waals surface area (Å²) < 4.78 is 12.3. The minimum Gasteiger partial charge on any atom is -0.493 e. The summed E-state index contributed by atoms with van der Waals surface area (Å²) in [4.78, 5) is 0. The average Bonchev–Trinajstić information content (AvgIpc) is 2.49. The van der Waals surface area contributed by atoms with Crippen LogP contribution in [0.5, 0.6) is 17.2 Å². The van der Waals surface area contributed by atoms with E-state index in [9.17, 15) is 0 Å². The molecule has 0 bridgehead atoms. The lowest BCUT2D eigenvalue weighted by atomic mass is 10.1. The second kappa shape index (κ2) is 6.77. The van der Waals surface area contributed by atoms with Crippen molar-refractivity contribution in [3.8, 4) is 17.2 Å². The molecule has 2 aromatic carbocycles. The minimum absolute atomic E-state index is 0.421. The molecule has 0 unspecified atom stereocenters. The maximum Gasteiger partial charge on any atom is 0.169 e. The van der Waals surface area contributed by atoms with E-state index in [1.54, 1.807) is 7.11 Å². The zero-order valence-electron chi connectivity index (χ0n) is 11.7. The molecule has 0 aliphatic rings. The number of aryl methyl sites for hydroxylation is 1. The molecule has 2 aromatic rings. The molecule has 0 fully saturated rings. The fourth-order valence-corrected chi connectivity index (χ4v) is 2.35. The standard InChI is InChI=1S/C16H18BrNO2/c1-3-11-4-6-15(16(8-11)19-2)20-14-7-5-13(17)9-12(14)10-18/h4-9H,3,10,18H2,1-2H3. The van der Waals surface area contributed by atoms with Crippen molar-refractivity contribution in [3.05, 3.63) is 52.0 Å². The van der Waals surface area contributed by atoms with E-state index in [-0.39, 0.29) is 0 Å². The largest absolute Gasteiger partial charge is 0.493 e. The molecule has 0 atom stereocenters. The van der Waals surface area contributed by atoms with Crippen LogP contribution >= 0.6 is 15.9 Å². The Morgan fingerprint density at radius 3 is 2.45 bits per heavy atom. The molecule has 0 radical (unpaired) electrons. The summed E-state index contributed by atoms with van der Waals surface area (Å²) >= 11 is 3.43. The van der Waals surface area contributed by atoms with Crippen LogP contribution in [0.25, 0.3) is 0 Å². The summed E-state index contributed by atoms with van der Waals surface area (Å²) in [6, 6.07) is 11.8. The van der Waals surface area contributed by atoms with Crippen molar-refractivity contribution < 1.29 is 9.47 Å². The first-order valence-corrected chi connectivity index (χ1v) is 7.30. The Morgan fingerprint density at radius 1 is 1.05 bits per heavy atom. The number of halogens is 1. The molecule has 0 spiro atoms. The Kier molecular flexibility index (Phi) is 5.04. The number of rotatable bonds is 5. The van der Waals surface area contributed by atoms with Gasteiger partial charge >= 0.3 is 0 Å². The number of benzene rings is 2. The molecule has 0 aromatic heterocycles. The van der Waals surface area contributed by atoms with E-state index in [1.807, 2.05) is 36.4 Å². The normalized spacial score (nSPS) is 10.4. The van der Waals surface area contributed by atoms with Gasteiger partial charge in [-0.1, -0.05) is 28.9 Å². The molecular weight excluding hydrogens is 318 g/mol. The van der Waals surface area contributed by atoms with Gasteiger partial charge in [0.05, 0.1) is 7.11 Å². The van der Waals surface area contributed by atoms with E-state index in [1.165, 1.54) is 5.56 Å². The number of hydrogen-bond donors (Lipinski definition) is 1. The van der Waals surface area contributed by atoms with E-state index in [0.717, 1.165) is 28.0 Å². The van der Waals surface area contributed by atoms with Crippen LogP contribution in [-0.4, -0.2) is 7.11 Å². The molecule has 3 nitrogen and oxygen atoms in total. The summed E-state index contributed by atoms with van der Waals surface area (Å²) in [5, 5.41) is 0. The minimum atomic E-state index is 0.421. The van der Waals surface area contributed by atoms with E-state index < -0.39 is 0 Å². The van der Waals surface area contributed by atoms with Crippen molar-refractivity contribution >= 4 is 15.9 Å². The second-order valence-corrected chi connectivity index (χ2v) is 5.31. The Morgan fingerprint density at radius 2 is 1.80 bits per heavy atom. The van der Waals surface area contributed by atoms with Gasteiger partial charge in [-0.2, -0.15) is 0 Å². The molecule has 2 rings (SSSR count). The van der Waals surface area contributed by atoms with E-state index >= 15 is 0 Å². The van der Waals surface area contributed by atoms with Gasteiger partial charge in [-0.25, -0.2) is 0 Å². The van der Waals surface area contributed by atoms with Gasteiger partial charge in [-0.05, 0) is 42.3 Å². The molecule has 0 saturated heterocycles. The van der Waals surface area contributed by atoms with Crippen molar-refractivity contribution in [2.24, 2.45) is 5.73 Å². The van der Waals surface area contributed by atoms with Crippen molar-refractivity contribution in [1.82, 2.24) is 0 Å². The zero-order valence-corrected chi connectivity index (χ0v) is 13.2. The summed E-state index contributed by atoms with van der Waals surface area (Å²) in [6.45, 7) is 2.53. The quantitative estimate of drug-likeness (QED) is 0.887. The van der Waals surface area contributed by atoms with Crippen LogP contribution in [0.4, 0.5) is 0 Å². The van der Waals surface area contributed by atoms with Gasteiger partial charge in [-0.3, -0.25) is 0 Å². The molecule has 20 heavy (non-hydrogen) atoms. The monoisotopic (exact) mass is 335 g/mol. The van der Waals surface area contributed by atoms with Crippen molar-refractivity contribution in [3.63, 3.8) is 0 Å². The van der Waals surface area contributed by atoms with Crippen LogP contribution < -0.4 is 15.2 Å². The van der Waals surface area contributed by atoms with Crippen molar-refractivity contribution in [2.45, 2.75) is 19.9 Å². The van der Waals surface area contributed by atoms with Crippen LogP contribution in [0.15, 0.2) is 40.9 Å². The first kappa shape index (κ1) is 14.9. The molecule has 0 amide bonds. The van der Waals surface area contributed by atoms with Gasteiger partial charge in [0.1, 0.15) is 5.75 Å². The molecule has 0 aliphatic heterocycles. The lowest BCUT2D eigenvalue weighted by Crippen LogP contribution is -2.00. The summed E-state index contributed by atoms with van der Waals surface area (Å²) in [5.74, 6) is 2.18. The zero-order chi connectivity index (χ0) is 14.5. The van der Waals surface area contributed by atoms with Gasteiger partial charge in [0.15, 0.2) is 11.5 Å². The van der Waals surface area contributed by atoms with Crippen molar-refractivity contribution in [2.75, 3.05) is 7.11 Å². The van der Waals surface area contributed by atoms with E-state index in [2.05, 4.69) is 22.9 Å².